The van der Waals surface area contributed by atoms with Gasteiger partial charge in [-0.3, -0.25) is 0 Å². The first-order chi connectivity index (χ1) is 24.1. The Bertz CT molecular complexity index is 2350. The smallest absolute Gasteiger partial charge is 0.0540 e. The van der Waals surface area contributed by atoms with Crippen LogP contribution >= 0.6 is 0 Å². The van der Waals surface area contributed by atoms with Crippen LogP contribution < -0.4 is 9.80 Å². The first kappa shape index (κ1) is 29.1. The molecule has 9 rings (SSSR count). The highest BCUT2D eigenvalue weighted by Crippen LogP contribution is 2.53. The van der Waals surface area contributed by atoms with E-state index in [-0.39, 0.29) is 5.41 Å². The molecule has 8 aromatic carbocycles. The first-order valence-electron chi connectivity index (χ1n) is 17.0. The highest BCUT2D eigenvalue weighted by Gasteiger charge is 2.37. The quantitative estimate of drug-likeness (QED) is 0.181. The summed E-state index contributed by atoms with van der Waals surface area (Å²) in [6.07, 6.45) is 0. The lowest BCUT2D eigenvalue weighted by Crippen LogP contribution is -2.18. The maximum Gasteiger partial charge on any atom is 0.0540 e. The van der Waals surface area contributed by atoms with Crippen molar-refractivity contribution in [2.45, 2.75) is 19.3 Å². The zero-order valence-electron chi connectivity index (χ0n) is 27.7. The Kier molecular flexibility index (Phi) is 6.84. The zero-order valence-corrected chi connectivity index (χ0v) is 27.7. The number of para-hydroxylation sites is 2. The molecule has 8 aromatic rings. The second kappa shape index (κ2) is 11.5. The van der Waals surface area contributed by atoms with Crippen LogP contribution in [0.1, 0.15) is 25.0 Å². The SMILES string of the molecule is CC1(C)c2cc(N(c3ccccc3)c3ccccc3)ccc2-c2ccc(N(c3cccc4ccccc34)c3cccc4ccccc34)cc21. The van der Waals surface area contributed by atoms with Crippen molar-refractivity contribution in [1.82, 2.24) is 0 Å². The van der Waals surface area contributed by atoms with Crippen molar-refractivity contribution in [2.75, 3.05) is 9.80 Å². The van der Waals surface area contributed by atoms with Gasteiger partial charge in [-0.2, -0.15) is 0 Å². The number of benzene rings is 8. The van der Waals surface area contributed by atoms with E-state index in [2.05, 4.69) is 206 Å². The Morgan fingerprint density at radius 1 is 0.347 bits per heavy atom. The van der Waals surface area contributed by atoms with E-state index in [4.69, 9.17) is 0 Å². The van der Waals surface area contributed by atoms with Gasteiger partial charge < -0.3 is 9.80 Å². The molecule has 0 N–H and O–H groups in total. The normalized spacial score (nSPS) is 12.9. The minimum Gasteiger partial charge on any atom is -0.310 e. The summed E-state index contributed by atoms with van der Waals surface area (Å²) in [5.41, 5.74) is 12.0. The van der Waals surface area contributed by atoms with Gasteiger partial charge in [0.2, 0.25) is 0 Å². The van der Waals surface area contributed by atoms with Crippen molar-refractivity contribution in [2.24, 2.45) is 0 Å². The molecule has 0 saturated heterocycles. The largest absolute Gasteiger partial charge is 0.310 e. The van der Waals surface area contributed by atoms with Crippen LogP contribution in [0.5, 0.6) is 0 Å². The predicted molar refractivity (Wildman–Crippen MR) is 208 cm³/mol. The van der Waals surface area contributed by atoms with Crippen LogP contribution in [0.15, 0.2) is 182 Å². The number of nitrogens with zero attached hydrogens (tertiary/aromatic N) is 2. The Labute approximate surface area is 288 Å². The van der Waals surface area contributed by atoms with E-state index in [1.54, 1.807) is 0 Å². The molecule has 0 atom stereocenters. The van der Waals surface area contributed by atoms with Crippen LogP contribution in [-0.4, -0.2) is 0 Å². The predicted octanol–water partition coefficient (Wildman–Crippen LogP) is 13.2. The molecule has 0 amide bonds. The summed E-state index contributed by atoms with van der Waals surface area (Å²) in [5.74, 6) is 0. The Morgan fingerprint density at radius 3 is 1.24 bits per heavy atom. The van der Waals surface area contributed by atoms with Gasteiger partial charge in [0.25, 0.3) is 0 Å². The third-order valence-corrected chi connectivity index (χ3v) is 10.2. The number of hydrogen-bond acceptors (Lipinski definition) is 2. The summed E-state index contributed by atoms with van der Waals surface area (Å²) in [7, 11) is 0. The molecule has 0 fully saturated rings. The second-order valence-electron chi connectivity index (χ2n) is 13.4. The Hall–Kier alpha value is -6.12. The van der Waals surface area contributed by atoms with Crippen LogP contribution in [0, 0.1) is 0 Å². The average Bonchev–Trinajstić information content (AvgIpc) is 3.38. The highest BCUT2D eigenvalue weighted by molar-refractivity contribution is 6.05. The second-order valence-corrected chi connectivity index (χ2v) is 13.4. The van der Waals surface area contributed by atoms with E-state index in [0.29, 0.717) is 0 Å². The molecule has 0 aromatic heterocycles. The number of rotatable bonds is 6. The molecule has 0 heterocycles. The molecule has 0 saturated carbocycles. The van der Waals surface area contributed by atoms with Crippen LogP contribution in [0.4, 0.5) is 34.1 Å². The minimum atomic E-state index is -0.209. The van der Waals surface area contributed by atoms with Gasteiger partial charge in [0.1, 0.15) is 0 Å². The Balaban J connectivity index is 1.21. The van der Waals surface area contributed by atoms with Crippen molar-refractivity contribution >= 4 is 55.7 Å². The van der Waals surface area contributed by atoms with Crippen LogP contribution in [0.25, 0.3) is 32.7 Å². The van der Waals surface area contributed by atoms with Crippen molar-refractivity contribution in [3.63, 3.8) is 0 Å². The molecule has 1 aliphatic carbocycles. The molecule has 2 heteroatoms. The summed E-state index contributed by atoms with van der Waals surface area (Å²) in [5, 5.41) is 4.92. The zero-order chi connectivity index (χ0) is 33.0. The van der Waals surface area contributed by atoms with Crippen LogP contribution in [0.2, 0.25) is 0 Å². The summed E-state index contributed by atoms with van der Waals surface area (Å²) in [4.78, 5) is 4.82. The van der Waals surface area contributed by atoms with Gasteiger partial charge in [0.15, 0.2) is 0 Å². The van der Waals surface area contributed by atoms with E-state index in [0.717, 1.165) is 22.7 Å². The molecule has 1 aliphatic rings. The number of anilines is 6. The van der Waals surface area contributed by atoms with E-state index in [9.17, 15) is 0 Å². The standard InChI is InChI=1S/C47H36N2/c1-47(2)43-31-37(48(35-19-5-3-6-20-35)36-21-7-4-8-22-36)27-29-41(43)42-30-28-38(32-44(42)47)49(45-25-13-17-33-15-9-11-23-39(33)45)46-26-14-18-34-16-10-12-24-40(34)46/h3-32H,1-2H3. The van der Waals surface area contributed by atoms with E-state index in [1.807, 2.05) is 0 Å². The lowest BCUT2D eigenvalue weighted by Gasteiger charge is -2.30. The van der Waals surface area contributed by atoms with Gasteiger partial charge in [0, 0.05) is 38.9 Å². The molecule has 49 heavy (non-hydrogen) atoms. The first-order valence-corrected chi connectivity index (χ1v) is 17.0. The summed E-state index contributed by atoms with van der Waals surface area (Å²) < 4.78 is 0. The monoisotopic (exact) mass is 628 g/mol. The maximum atomic E-state index is 2.46. The summed E-state index contributed by atoms with van der Waals surface area (Å²) >= 11 is 0. The fourth-order valence-electron chi connectivity index (χ4n) is 7.81. The average molecular weight is 629 g/mol. The van der Waals surface area contributed by atoms with E-state index in [1.165, 1.54) is 55.2 Å². The molecular formula is C47H36N2. The molecule has 234 valence electrons. The molecule has 2 nitrogen and oxygen atoms in total. The van der Waals surface area contributed by atoms with Gasteiger partial charge in [-0.1, -0.05) is 135 Å². The van der Waals surface area contributed by atoms with Crippen molar-refractivity contribution in [3.8, 4) is 11.1 Å². The van der Waals surface area contributed by atoms with Gasteiger partial charge in [-0.05, 0) is 93.7 Å². The molecule has 0 aliphatic heterocycles. The molecule has 0 bridgehead atoms. The van der Waals surface area contributed by atoms with E-state index >= 15 is 0 Å². The van der Waals surface area contributed by atoms with Gasteiger partial charge in [-0.25, -0.2) is 0 Å². The topological polar surface area (TPSA) is 6.48 Å². The molecule has 0 radical (unpaired) electrons. The molecule has 0 spiro atoms. The molecule has 0 unspecified atom stereocenters. The highest BCUT2D eigenvalue weighted by atomic mass is 15.1. The van der Waals surface area contributed by atoms with Crippen molar-refractivity contribution in [1.29, 1.82) is 0 Å². The lowest BCUT2D eigenvalue weighted by molar-refractivity contribution is 0.660. The van der Waals surface area contributed by atoms with E-state index < -0.39 is 0 Å². The number of fused-ring (bicyclic) bond motifs is 5. The van der Waals surface area contributed by atoms with Gasteiger partial charge in [0.05, 0.1) is 11.4 Å². The van der Waals surface area contributed by atoms with Crippen molar-refractivity contribution < 1.29 is 0 Å². The van der Waals surface area contributed by atoms with Crippen LogP contribution in [-0.2, 0) is 5.41 Å². The van der Waals surface area contributed by atoms with Crippen molar-refractivity contribution in [3.05, 3.63) is 193 Å². The fourth-order valence-corrected chi connectivity index (χ4v) is 7.81. The summed E-state index contributed by atoms with van der Waals surface area (Å²) in [6, 6.07) is 66.1. The summed E-state index contributed by atoms with van der Waals surface area (Å²) in [6.45, 7) is 4.75. The van der Waals surface area contributed by atoms with Gasteiger partial charge >= 0.3 is 0 Å². The third-order valence-electron chi connectivity index (χ3n) is 10.2. The lowest BCUT2D eigenvalue weighted by atomic mass is 9.82. The number of hydrogen-bond donors (Lipinski definition) is 0. The Morgan fingerprint density at radius 2 is 0.755 bits per heavy atom. The maximum absolute atomic E-state index is 2.46. The minimum absolute atomic E-state index is 0.209. The fraction of sp³-hybridized carbons (Fsp3) is 0.0638. The third kappa shape index (κ3) is 4.79. The molecular weight excluding hydrogens is 593 g/mol. The van der Waals surface area contributed by atoms with Crippen LogP contribution in [0.3, 0.4) is 0 Å². The van der Waals surface area contributed by atoms with Gasteiger partial charge in [-0.15, -0.1) is 0 Å².